The van der Waals surface area contributed by atoms with E-state index >= 15 is 0 Å². The molecule has 0 unspecified atom stereocenters. The summed E-state index contributed by atoms with van der Waals surface area (Å²) in [4.78, 5) is 4.13. The first-order chi connectivity index (χ1) is 6.90. The van der Waals surface area contributed by atoms with Gasteiger partial charge in [-0.25, -0.2) is 0 Å². The molecule has 0 saturated heterocycles. The Bertz CT molecular complexity index is 468. The molecule has 1 fully saturated rings. The Morgan fingerprint density at radius 2 is 2.36 bits per heavy atom. The van der Waals surface area contributed by atoms with Crippen molar-refractivity contribution >= 4 is 10.9 Å². The van der Waals surface area contributed by atoms with Gasteiger partial charge in [0, 0.05) is 36.1 Å². The Balaban J connectivity index is 2.29. The van der Waals surface area contributed by atoms with E-state index in [1.54, 1.807) is 0 Å². The Kier molecular flexibility index (Phi) is 1.61. The third kappa shape index (κ3) is 1.06. The molecule has 0 bridgehead atoms. The molecule has 72 valence electrons. The summed E-state index contributed by atoms with van der Waals surface area (Å²) < 4.78 is 2.37. The highest BCUT2D eigenvalue weighted by Crippen LogP contribution is 2.39. The molecular formula is C11H13N3. The minimum Gasteiger partial charge on any atom is -0.340 e. The molecule has 2 N–H and O–H groups in total. The Morgan fingerprint density at radius 1 is 1.50 bits per heavy atom. The third-order valence-electron chi connectivity index (χ3n) is 2.84. The second-order valence-electron chi connectivity index (χ2n) is 3.88. The largest absolute Gasteiger partial charge is 0.340 e. The number of rotatable bonds is 2. The first-order valence-electron chi connectivity index (χ1n) is 5.04. The number of hydrogen-bond acceptors (Lipinski definition) is 2. The van der Waals surface area contributed by atoms with Crippen LogP contribution in [0.25, 0.3) is 10.9 Å². The van der Waals surface area contributed by atoms with Crippen LogP contribution in [0.2, 0.25) is 0 Å². The highest BCUT2D eigenvalue weighted by molar-refractivity contribution is 5.80. The number of nitrogens with two attached hydrogens (primary N) is 1. The normalized spacial score (nSPS) is 16.4. The van der Waals surface area contributed by atoms with Crippen molar-refractivity contribution in [2.75, 3.05) is 0 Å². The quantitative estimate of drug-likeness (QED) is 0.779. The highest BCUT2D eigenvalue weighted by atomic mass is 15.1. The third-order valence-corrected chi connectivity index (χ3v) is 2.84. The lowest BCUT2D eigenvalue weighted by Gasteiger charge is -2.06. The fraction of sp³-hybridized carbons (Fsp3) is 0.364. The molecule has 3 nitrogen and oxygen atoms in total. The van der Waals surface area contributed by atoms with Gasteiger partial charge in [0.15, 0.2) is 0 Å². The van der Waals surface area contributed by atoms with Crippen LogP contribution in [0.15, 0.2) is 24.5 Å². The summed E-state index contributed by atoms with van der Waals surface area (Å²) in [6.07, 6.45) is 6.34. The minimum atomic E-state index is 0.616. The first kappa shape index (κ1) is 8.00. The smallest absolute Gasteiger partial charge is 0.0516 e. The molecule has 2 aromatic rings. The van der Waals surface area contributed by atoms with Gasteiger partial charge < -0.3 is 10.3 Å². The molecule has 1 aliphatic rings. The maximum absolute atomic E-state index is 5.74. The van der Waals surface area contributed by atoms with E-state index in [2.05, 4.69) is 21.7 Å². The van der Waals surface area contributed by atoms with Crippen LogP contribution in [0, 0.1) is 0 Å². The Hall–Kier alpha value is -1.35. The van der Waals surface area contributed by atoms with Gasteiger partial charge in [-0.05, 0) is 25.0 Å². The molecule has 1 saturated carbocycles. The van der Waals surface area contributed by atoms with Crippen LogP contribution in [-0.4, -0.2) is 9.55 Å². The number of pyridine rings is 1. The lowest BCUT2D eigenvalue weighted by molar-refractivity contribution is 0.721. The van der Waals surface area contributed by atoms with Gasteiger partial charge in [0.25, 0.3) is 0 Å². The van der Waals surface area contributed by atoms with Crippen LogP contribution in [0.1, 0.15) is 24.6 Å². The van der Waals surface area contributed by atoms with Gasteiger partial charge in [0.2, 0.25) is 0 Å². The van der Waals surface area contributed by atoms with Crippen LogP contribution in [0.5, 0.6) is 0 Å². The summed E-state index contributed by atoms with van der Waals surface area (Å²) in [5.41, 5.74) is 8.25. The van der Waals surface area contributed by atoms with Crippen LogP contribution in [0.4, 0.5) is 0 Å². The van der Waals surface area contributed by atoms with Gasteiger partial charge in [0.05, 0.1) is 5.52 Å². The average molecular weight is 187 g/mol. The summed E-state index contributed by atoms with van der Waals surface area (Å²) in [6.45, 7) is 0.616. The van der Waals surface area contributed by atoms with E-state index in [4.69, 9.17) is 5.73 Å². The molecule has 0 spiro atoms. The molecule has 1 aliphatic carbocycles. The van der Waals surface area contributed by atoms with Gasteiger partial charge in [-0.1, -0.05) is 0 Å². The topological polar surface area (TPSA) is 43.8 Å². The van der Waals surface area contributed by atoms with Gasteiger partial charge in [-0.15, -0.1) is 0 Å². The van der Waals surface area contributed by atoms with E-state index in [0.29, 0.717) is 12.6 Å². The number of fused-ring (bicyclic) bond motifs is 1. The van der Waals surface area contributed by atoms with E-state index in [1.807, 2.05) is 12.4 Å². The van der Waals surface area contributed by atoms with E-state index in [1.165, 1.54) is 29.4 Å². The van der Waals surface area contributed by atoms with Crippen LogP contribution < -0.4 is 5.73 Å². The Labute approximate surface area is 82.5 Å². The van der Waals surface area contributed by atoms with E-state index < -0.39 is 0 Å². The summed E-state index contributed by atoms with van der Waals surface area (Å²) in [7, 11) is 0. The van der Waals surface area contributed by atoms with Crippen molar-refractivity contribution in [3.8, 4) is 0 Å². The minimum absolute atomic E-state index is 0.616. The van der Waals surface area contributed by atoms with Crippen LogP contribution in [0.3, 0.4) is 0 Å². The maximum Gasteiger partial charge on any atom is 0.0516 e. The molecule has 0 amide bonds. The van der Waals surface area contributed by atoms with Crippen LogP contribution >= 0.6 is 0 Å². The molecule has 0 atom stereocenters. The van der Waals surface area contributed by atoms with Crippen molar-refractivity contribution in [3.05, 3.63) is 30.2 Å². The summed E-state index contributed by atoms with van der Waals surface area (Å²) in [5.74, 6) is 0. The Morgan fingerprint density at radius 3 is 3.07 bits per heavy atom. The fourth-order valence-corrected chi connectivity index (χ4v) is 2.05. The summed E-state index contributed by atoms with van der Waals surface area (Å²) in [6, 6.07) is 4.92. The van der Waals surface area contributed by atoms with Crippen LogP contribution in [-0.2, 0) is 6.54 Å². The molecule has 0 radical (unpaired) electrons. The van der Waals surface area contributed by atoms with Gasteiger partial charge >= 0.3 is 0 Å². The van der Waals surface area contributed by atoms with Crippen molar-refractivity contribution in [1.29, 1.82) is 0 Å². The second kappa shape index (κ2) is 2.82. The summed E-state index contributed by atoms with van der Waals surface area (Å²) >= 11 is 0. The van der Waals surface area contributed by atoms with Crippen molar-refractivity contribution in [2.45, 2.75) is 25.4 Å². The SMILES string of the molecule is NCc1cc2cnccc2n1C1CC1. The zero-order valence-corrected chi connectivity index (χ0v) is 7.98. The second-order valence-corrected chi connectivity index (χ2v) is 3.88. The molecule has 14 heavy (non-hydrogen) atoms. The maximum atomic E-state index is 5.74. The number of nitrogens with zero attached hydrogens (tertiary/aromatic N) is 2. The zero-order chi connectivity index (χ0) is 9.54. The van der Waals surface area contributed by atoms with Gasteiger partial charge in [0.1, 0.15) is 0 Å². The van der Waals surface area contributed by atoms with E-state index in [-0.39, 0.29) is 0 Å². The lowest BCUT2D eigenvalue weighted by atomic mass is 10.3. The molecule has 0 aliphatic heterocycles. The van der Waals surface area contributed by atoms with Crippen molar-refractivity contribution in [3.63, 3.8) is 0 Å². The standard InChI is InChI=1S/C11H13N3/c12-6-10-5-8-7-13-4-3-11(8)14(10)9-1-2-9/h3-5,7,9H,1-2,6,12H2. The van der Waals surface area contributed by atoms with Crippen molar-refractivity contribution in [2.24, 2.45) is 5.73 Å². The molecule has 2 aromatic heterocycles. The van der Waals surface area contributed by atoms with Gasteiger partial charge in [-0.3, -0.25) is 4.98 Å². The van der Waals surface area contributed by atoms with Crippen molar-refractivity contribution < 1.29 is 0 Å². The lowest BCUT2D eigenvalue weighted by Crippen LogP contribution is -2.05. The molecule has 2 heterocycles. The fourth-order valence-electron chi connectivity index (χ4n) is 2.05. The predicted molar refractivity (Wildman–Crippen MR) is 55.9 cm³/mol. The van der Waals surface area contributed by atoms with Crippen molar-refractivity contribution in [1.82, 2.24) is 9.55 Å². The molecule has 3 heteroatoms. The molecular weight excluding hydrogens is 174 g/mol. The molecule has 3 rings (SSSR count). The van der Waals surface area contributed by atoms with E-state index in [0.717, 1.165) is 0 Å². The summed E-state index contributed by atoms with van der Waals surface area (Å²) in [5, 5.41) is 1.21. The predicted octanol–water partition coefficient (Wildman–Crippen LogP) is 1.83. The monoisotopic (exact) mass is 187 g/mol. The molecule has 0 aromatic carbocycles. The number of hydrogen-bond donors (Lipinski definition) is 1. The number of aromatic nitrogens is 2. The average Bonchev–Trinajstić information content (AvgIpc) is 2.98. The zero-order valence-electron chi connectivity index (χ0n) is 7.98. The van der Waals surface area contributed by atoms with Gasteiger partial charge in [-0.2, -0.15) is 0 Å². The highest BCUT2D eigenvalue weighted by Gasteiger charge is 2.26. The first-order valence-corrected chi connectivity index (χ1v) is 5.04. The van der Waals surface area contributed by atoms with E-state index in [9.17, 15) is 0 Å².